The van der Waals surface area contributed by atoms with E-state index in [0.717, 1.165) is 6.54 Å². The van der Waals surface area contributed by atoms with Crippen molar-refractivity contribution < 1.29 is 24.0 Å². The number of ketones is 1. The molecule has 0 saturated carbocycles. The zero-order chi connectivity index (χ0) is 22.1. The molecule has 0 spiro atoms. The number of carbonyl (C=O) groups excluding carboxylic acids is 2. The summed E-state index contributed by atoms with van der Waals surface area (Å²) < 4.78 is 5.02. The van der Waals surface area contributed by atoms with Crippen molar-refractivity contribution in [2.24, 2.45) is 0 Å². The number of carboxylic acid groups (broad SMARTS) is 1. The zero-order valence-electron chi connectivity index (χ0n) is 16.7. The Morgan fingerprint density at radius 1 is 1.19 bits per heavy atom. The van der Waals surface area contributed by atoms with Crippen LogP contribution in [0.2, 0.25) is 5.02 Å². The molecule has 1 atom stereocenters. The van der Waals surface area contributed by atoms with Crippen LogP contribution >= 0.6 is 11.6 Å². The minimum atomic E-state index is -1.65. The van der Waals surface area contributed by atoms with Crippen molar-refractivity contribution in [2.45, 2.75) is 19.5 Å². The first-order valence-electron chi connectivity index (χ1n) is 9.79. The third-order valence-corrected chi connectivity index (χ3v) is 5.73. The molecule has 1 N–H and O–H groups in total. The molecular weight excluding hydrogens is 422 g/mol. The number of hydrogen-bond acceptors (Lipinski definition) is 6. The predicted molar refractivity (Wildman–Crippen MR) is 113 cm³/mol. The predicted octanol–water partition coefficient (Wildman–Crippen LogP) is 3.10. The Morgan fingerprint density at radius 3 is 2.61 bits per heavy atom. The number of hydrogen-bond donors (Lipinski definition) is 1. The van der Waals surface area contributed by atoms with Crippen LogP contribution in [0.15, 0.2) is 47.0 Å². The molecule has 9 heteroatoms. The molecule has 1 aromatic heterocycles. The third-order valence-electron chi connectivity index (χ3n) is 5.42. The maximum Gasteiger partial charge on any atom is 0.379 e. The number of carboxylic acids is 1. The maximum absolute atomic E-state index is 13.2. The summed E-state index contributed by atoms with van der Waals surface area (Å²) in [6, 6.07) is 12.9. The van der Waals surface area contributed by atoms with E-state index in [4.69, 9.17) is 21.2 Å². The van der Waals surface area contributed by atoms with Crippen molar-refractivity contribution in [1.29, 1.82) is 0 Å². The molecule has 2 heterocycles. The number of carbonyl (C=O) groups is 3. The largest absolute Gasteiger partial charge is 0.475 e. The molecule has 0 unspecified atom stereocenters. The Hall–Kier alpha value is -3.23. The van der Waals surface area contributed by atoms with Gasteiger partial charge >= 0.3 is 5.97 Å². The Kier molecular flexibility index (Phi) is 5.75. The molecule has 2 aromatic carbocycles. The number of nitrogens with zero attached hydrogens (tertiary/aromatic N) is 3. The van der Waals surface area contributed by atoms with Gasteiger partial charge in [0, 0.05) is 38.3 Å². The second-order valence-electron chi connectivity index (χ2n) is 7.56. The number of benzene rings is 2. The average Bonchev–Trinajstić information content (AvgIpc) is 3.15. The molecule has 0 radical (unpaired) electrons. The molecule has 1 aliphatic rings. The lowest BCUT2D eigenvalue weighted by Crippen LogP contribution is -2.53. The first-order valence-corrected chi connectivity index (χ1v) is 10.2. The molecule has 1 fully saturated rings. The fourth-order valence-electron chi connectivity index (χ4n) is 3.86. The minimum absolute atomic E-state index is 0.0562. The van der Waals surface area contributed by atoms with E-state index < -0.39 is 11.8 Å². The second kappa shape index (κ2) is 8.49. The lowest BCUT2D eigenvalue weighted by atomic mass is 10.1. The lowest BCUT2D eigenvalue weighted by Gasteiger charge is -2.40. The normalized spacial score (nSPS) is 17.1. The molecule has 0 bridgehead atoms. The molecule has 4 rings (SSSR count). The van der Waals surface area contributed by atoms with Crippen LogP contribution in [-0.4, -0.2) is 63.4 Å². The molecule has 31 heavy (non-hydrogen) atoms. The van der Waals surface area contributed by atoms with Crippen LogP contribution in [0.4, 0.5) is 0 Å². The Morgan fingerprint density at radius 2 is 1.94 bits per heavy atom. The number of rotatable bonds is 5. The summed E-state index contributed by atoms with van der Waals surface area (Å²) in [4.78, 5) is 40.2. The van der Waals surface area contributed by atoms with E-state index in [1.807, 2.05) is 25.1 Å². The van der Waals surface area contributed by atoms with Crippen molar-refractivity contribution >= 4 is 40.2 Å². The van der Waals surface area contributed by atoms with Crippen LogP contribution in [0.3, 0.4) is 0 Å². The van der Waals surface area contributed by atoms with Gasteiger partial charge in [-0.2, -0.15) is 0 Å². The molecule has 8 nitrogen and oxygen atoms in total. The number of aromatic nitrogens is 1. The van der Waals surface area contributed by atoms with Crippen molar-refractivity contribution in [3.8, 4) is 0 Å². The van der Waals surface area contributed by atoms with Gasteiger partial charge in [0.2, 0.25) is 0 Å². The summed E-state index contributed by atoms with van der Waals surface area (Å²) in [7, 11) is 0. The van der Waals surface area contributed by atoms with E-state index in [0.29, 0.717) is 19.6 Å². The van der Waals surface area contributed by atoms with Gasteiger partial charge < -0.3 is 14.5 Å². The average molecular weight is 442 g/mol. The Bertz CT molecular complexity index is 1160. The summed E-state index contributed by atoms with van der Waals surface area (Å²) >= 11 is 6.31. The molecule has 1 amide bonds. The first kappa shape index (κ1) is 21.0. The minimum Gasteiger partial charge on any atom is -0.475 e. The van der Waals surface area contributed by atoms with Crippen LogP contribution in [0.25, 0.3) is 11.0 Å². The van der Waals surface area contributed by atoms with Crippen LogP contribution in [-0.2, 0) is 11.3 Å². The highest BCUT2D eigenvalue weighted by Gasteiger charge is 2.31. The topological polar surface area (TPSA) is 104 Å². The van der Waals surface area contributed by atoms with Crippen molar-refractivity contribution in [2.75, 3.05) is 19.6 Å². The molecular formula is C22H20ClN3O5. The lowest BCUT2D eigenvalue weighted by molar-refractivity contribution is -0.131. The standard InChI is InChI=1S/C22H20ClN3O5/c1-13-11-25(12-14-5-3-2-4-6-14)7-8-26(13)21(28)15-9-16-18(10-17(15)23)31-24-19(16)20(27)22(29)30/h2-6,9-10,13H,7-8,11-12H2,1H3,(H,29,30)/t13-/m1/s1. The summed E-state index contributed by atoms with van der Waals surface area (Å²) in [5.41, 5.74) is 1.19. The quantitative estimate of drug-likeness (QED) is 0.479. The molecule has 160 valence electrons. The molecule has 1 saturated heterocycles. The summed E-state index contributed by atoms with van der Waals surface area (Å²) in [6.45, 7) is 4.71. The van der Waals surface area contributed by atoms with Crippen LogP contribution < -0.4 is 0 Å². The number of aliphatic carboxylic acids is 1. The van der Waals surface area contributed by atoms with Gasteiger partial charge in [-0.25, -0.2) is 4.79 Å². The number of halogens is 1. The zero-order valence-corrected chi connectivity index (χ0v) is 17.5. The molecule has 3 aromatic rings. The summed E-state index contributed by atoms with van der Waals surface area (Å²) in [5, 5.41) is 12.8. The number of piperazine rings is 1. The molecule has 1 aliphatic heterocycles. The van der Waals surface area contributed by atoms with Crippen molar-refractivity contribution in [1.82, 2.24) is 15.0 Å². The summed E-state index contributed by atoms with van der Waals surface area (Å²) in [5.74, 6) is -3.14. The van der Waals surface area contributed by atoms with E-state index in [-0.39, 0.29) is 39.2 Å². The van der Waals surface area contributed by atoms with E-state index >= 15 is 0 Å². The van der Waals surface area contributed by atoms with E-state index in [1.165, 1.54) is 17.7 Å². The Labute approximate surface area is 183 Å². The van der Waals surface area contributed by atoms with Gasteiger partial charge in [0.15, 0.2) is 11.3 Å². The SMILES string of the molecule is C[C@@H]1CN(Cc2ccccc2)CCN1C(=O)c1cc2c(C(=O)C(=O)O)noc2cc1Cl. The molecule has 0 aliphatic carbocycles. The van der Waals surface area contributed by atoms with Crippen LogP contribution in [0.5, 0.6) is 0 Å². The highest BCUT2D eigenvalue weighted by atomic mass is 35.5. The van der Waals surface area contributed by atoms with E-state index in [9.17, 15) is 14.4 Å². The Balaban J connectivity index is 1.55. The number of fused-ring (bicyclic) bond motifs is 1. The van der Waals surface area contributed by atoms with Crippen molar-refractivity contribution in [3.63, 3.8) is 0 Å². The van der Waals surface area contributed by atoms with Crippen LogP contribution in [0.1, 0.15) is 33.3 Å². The third kappa shape index (κ3) is 4.17. The van der Waals surface area contributed by atoms with Gasteiger partial charge in [-0.05, 0) is 18.6 Å². The van der Waals surface area contributed by atoms with Gasteiger partial charge in [0.25, 0.3) is 11.7 Å². The maximum atomic E-state index is 13.2. The van der Waals surface area contributed by atoms with E-state index in [1.54, 1.807) is 4.90 Å². The first-order chi connectivity index (χ1) is 14.8. The number of Topliss-reactive ketones (excluding diaryl/α,β-unsaturated/α-hetero) is 1. The van der Waals surface area contributed by atoms with Gasteiger partial charge in [0.1, 0.15) is 0 Å². The van der Waals surface area contributed by atoms with Gasteiger partial charge in [-0.1, -0.05) is 47.1 Å². The summed E-state index contributed by atoms with van der Waals surface area (Å²) in [6.07, 6.45) is 0. The van der Waals surface area contributed by atoms with Gasteiger partial charge in [-0.15, -0.1) is 0 Å². The van der Waals surface area contributed by atoms with E-state index in [2.05, 4.69) is 22.2 Å². The fraction of sp³-hybridized carbons (Fsp3) is 0.273. The van der Waals surface area contributed by atoms with Crippen LogP contribution in [0, 0.1) is 0 Å². The van der Waals surface area contributed by atoms with Gasteiger partial charge in [0.05, 0.1) is 16.0 Å². The fourth-order valence-corrected chi connectivity index (χ4v) is 4.10. The monoisotopic (exact) mass is 441 g/mol. The number of amides is 1. The smallest absolute Gasteiger partial charge is 0.379 e. The van der Waals surface area contributed by atoms with Crippen molar-refractivity contribution in [3.05, 3.63) is 64.3 Å². The highest BCUT2D eigenvalue weighted by molar-refractivity contribution is 6.42. The second-order valence-corrected chi connectivity index (χ2v) is 7.97. The van der Waals surface area contributed by atoms with Gasteiger partial charge in [-0.3, -0.25) is 14.5 Å². The highest BCUT2D eigenvalue weighted by Crippen LogP contribution is 2.29.